The van der Waals surface area contributed by atoms with Crippen LogP contribution in [0.25, 0.3) is 0 Å². The van der Waals surface area contributed by atoms with Crippen molar-refractivity contribution in [2.45, 2.75) is 17.6 Å². The summed E-state index contributed by atoms with van der Waals surface area (Å²) >= 11 is 5.72. The Bertz CT molecular complexity index is 629. The summed E-state index contributed by atoms with van der Waals surface area (Å²) in [5, 5.41) is 0.530. The molecule has 21 heavy (non-hydrogen) atoms. The number of hydrogen-bond acceptors (Lipinski definition) is 2. The summed E-state index contributed by atoms with van der Waals surface area (Å²) < 4.78 is 51.7. The first-order valence-electron chi connectivity index (χ1n) is 5.79. The maximum absolute atomic E-state index is 12.4. The quantitative estimate of drug-likeness (QED) is 0.928. The van der Waals surface area contributed by atoms with Crippen molar-refractivity contribution in [2.75, 3.05) is 0 Å². The SMILES string of the molecule is O=S(NCc1ccc(C(F)(F)F)nc1)c1ccc(Cl)cc1. The van der Waals surface area contributed by atoms with E-state index in [2.05, 4.69) is 9.71 Å². The molecule has 1 aromatic carbocycles. The van der Waals surface area contributed by atoms with Gasteiger partial charge in [0.1, 0.15) is 16.7 Å². The minimum Gasteiger partial charge on any atom is -0.251 e. The summed E-state index contributed by atoms with van der Waals surface area (Å²) in [6, 6.07) is 8.61. The van der Waals surface area contributed by atoms with Crippen LogP contribution in [0.1, 0.15) is 11.3 Å². The van der Waals surface area contributed by atoms with E-state index in [4.69, 9.17) is 11.6 Å². The molecule has 1 atom stereocenters. The number of benzene rings is 1. The van der Waals surface area contributed by atoms with Crippen LogP contribution in [-0.2, 0) is 23.7 Å². The molecule has 0 amide bonds. The molecule has 1 heterocycles. The first-order valence-corrected chi connectivity index (χ1v) is 7.32. The van der Waals surface area contributed by atoms with E-state index in [1.165, 1.54) is 6.07 Å². The van der Waals surface area contributed by atoms with Crippen molar-refractivity contribution in [1.82, 2.24) is 9.71 Å². The molecule has 0 radical (unpaired) electrons. The lowest BCUT2D eigenvalue weighted by Crippen LogP contribution is -2.17. The Kier molecular flexibility index (Phi) is 4.97. The number of pyridine rings is 1. The largest absolute Gasteiger partial charge is 0.433 e. The molecule has 1 N–H and O–H groups in total. The smallest absolute Gasteiger partial charge is 0.251 e. The van der Waals surface area contributed by atoms with Crippen LogP contribution in [0, 0.1) is 0 Å². The Morgan fingerprint density at radius 3 is 2.33 bits per heavy atom. The van der Waals surface area contributed by atoms with Gasteiger partial charge in [-0.1, -0.05) is 17.7 Å². The maximum Gasteiger partial charge on any atom is 0.433 e. The first-order chi connectivity index (χ1) is 9.86. The zero-order chi connectivity index (χ0) is 15.5. The van der Waals surface area contributed by atoms with E-state index < -0.39 is 22.9 Å². The maximum atomic E-state index is 12.4. The Hall–Kier alpha value is -1.44. The van der Waals surface area contributed by atoms with Crippen molar-refractivity contribution in [3.63, 3.8) is 0 Å². The van der Waals surface area contributed by atoms with Crippen molar-refractivity contribution in [3.05, 3.63) is 58.9 Å². The van der Waals surface area contributed by atoms with Gasteiger partial charge in [0.25, 0.3) is 0 Å². The highest BCUT2D eigenvalue weighted by Gasteiger charge is 2.31. The summed E-state index contributed by atoms with van der Waals surface area (Å²) in [5.74, 6) is 0. The number of halogens is 4. The Balaban J connectivity index is 1.97. The average molecular weight is 335 g/mol. The van der Waals surface area contributed by atoms with Gasteiger partial charge in [-0.2, -0.15) is 13.2 Å². The van der Waals surface area contributed by atoms with Crippen molar-refractivity contribution < 1.29 is 17.4 Å². The molecule has 0 fully saturated rings. The molecule has 1 unspecified atom stereocenters. The second-order valence-corrected chi connectivity index (χ2v) is 5.83. The summed E-state index contributed by atoms with van der Waals surface area (Å²) in [6.07, 6.45) is -3.35. The van der Waals surface area contributed by atoms with Crippen LogP contribution in [0.2, 0.25) is 5.02 Å². The molecular weight excluding hydrogens is 325 g/mol. The second kappa shape index (κ2) is 6.55. The van der Waals surface area contributed by atoms with Crippen molar-refractivity contribution in [2.24, 2.45) is 0 Å². The number of nitrogens with one attached hydrogen (secondary N) is 1. The fourth-order valence-electron chi connectivity index (χ4n) is 1.49. The van der Waals surface area contributed by atoms with Crippen LogP contribution in [0.15, 0.2) is 47.5 Å². The predicted molar refractivity (Wildman–Crippen MR) is 73.9 cm³/mol. The van der Waals surface area contributed by atoms with E-state index in [-0.39, 0.29) is 6.54 Å². The average Bonchev–Trinajstić information content (AvgIpc) is 2.45. The topological polar surface area (TPSA) is 42.0 Å². The number of alkyl halides is 3. The number of nitrogens with zero attached hydrogens (tertiary/aromatic N) is 1. The third kappa shape index (κ3) is 4.52. The van der Waals surface area contributed by atoms with E-state index >= 15 is 0 Å². The van der Waals surface area contributed by atoms with Gasteiger partial charge in [0.15, 0.2) is 0 Å². The van der Waals surface area contributed by atoms with E-state index in [0.29, 0.717) is 15.5 Å². The molecule has 0 bridgehead atoms. The number of aromatic nitrogens is 1. The van der Waals surface area contributed by atoms with Gasteiger partial charge in [-0.3, -0.25) is 4.98 Å². The minimum atomic E-state index is -4.46. The van der Waals surface area contributed by atoms with Crippen LogP contribution < -0.4 is 4.72 Å². The Morgan fingerprint density at radius 2 is 1.81 bits per heavy atom. The van der Waals surface area contributed by atoms with Crippen LogP contribution in [0.4, 0.5) is 13.2 Å². The van der Waals surface area contributed by atoms with Gasteiger partial charge in [0.05, 0.1) is 4.90 Å². The molecule has 2 aromatic rings. The summed E-state index contributed by atoms with van der Waals surface area (Å²) in [7, 11) is -1.47. The standard InChI is InChI=1S/C13H10ClF3N2OS/c14-10-2-4-11(5-3-10)21(20)19-8-9-1-6-12(18-7-9)13(15,16)17/h1-7,19H,8H2. The monoisotopic (exact) mass is 334 g/mol. The van der Waals surface area contributed by atoms with Crippen molar-refractivity contribution in [1.29, 1.82) is 0 Å². The van der Waals surface area contributed by atoms with Crippen LogP contribution in [0.3, 0.4) is 0 Å². The molecular formula is C13H10ClF3N2OS. The van der Waals surface area contributed by atoms with E-state index in [1.54, 1.807) is 24.3 Å². The molecule has 0 aliphatic carbocycles. The summed E-state index contributed by atoms with van der Waals surface area (Å²) in [6.45, 7) is 0.139. The minimum absolute atomic E-state index is 0.139. The van der Waals surface area contributed by atoms with Gasteiger partial charge in [-0.25, -0.2) is 8.93 Å². The Morgan fingerprint density at radius 1 is 1.14 bits per heavy atom. The van der Waals surface area contributed by atoms with Crippen LogP contribution in [0.5, 0.6) is 0 Å². The fraction of sp³-hybridized carbons (Fsp3) is 0.154. The molecule has 8 heteroatoms. The molecule has 0 saturated heterocycles. The molecule has 0 aliphatic rings. The second-order valence-electron chi connectivity index (χ2n) is 4.09. The zero-order valence-electron chi connectivity index (χ0n) is 10.5. The normalized spacial score (nSPS) is 13.1. The Labute approximate surface area is 126 Å². The molecule has 1 aromatic heterocycles. The van der Waals surface area contributed by atoms with Gasteiger partial charge < -0.3 is 0 Å². The van der Waals surface area contributed by atoms with Gasteiger partial charge in [-0.05, 0) is 35.9 Å². The summed E-state index contributed by atoms with van der Waals surface area (Å²) in [5.41, 5.74) is -0.449. The molecule has 0 aliphatic heterocycles. The number of rotatable bonds is 4. The fourth-order valence-corrected chi connectivity index (χ4v) is 2.46. The van der Waals surface area contributed by atoms with Gasteiger partial charge in [-0.15, -0.1) is 0 Å². The number of hydrogen-bond donors (Lipinski definition) is 1. The predicted octanol–water partition coefficient (Wildman–Crippen LogP) is 3.57. The zero-order valence-corrected chi connectivity index (χ0v) is 12.1. The van der Waals surface area contributed by atoms with E-state index in [1.807, 2.05) is 0 Å². The van der Waals surface area contributed by atoms with Crippen molar-refractivity contribution in [3.8, 4) is 0 Å². The molecule has 0 saturated carbocycles. The van der Waals surface area contributed by atoms with Gasteiger partial charge in [0, 0.05) is 17.8 Å². The van der Waals surface area contributed by atoms with E-state index in [9.17, 15) is 17.4 Å². The first kappa shape index (κ1) is 15.9. The molecule has 0 spiro atoms. The van der Waals surface area contributed by atoms with Gasteiger partial charge in [0.2, 0.25) is 0 Å². The highest BCUT2D eigenvalue weighted by atomic mass is 35.5. The lowest BCUT2D eigenvalue weighted by atomic mass is 10.2. The lowest BCUT2D eigenvalue weighted by molar-refractivity contribution is -0.141. The third-order valence-corrected chi connectivity index (χ3v) is 3.91. The molecule has 2 rings (SSSR count). The van der Waals surface area contributed by atoms with Crippen LogP contribution >= 0.6 is 11.6 Å². The third-order valence-electron chi connectivity index (χ3n) is 2.55. The summed E-state index contributed by atoms with van der Waals surface area (Å²) in [4.78, 5) is 3.86. The molecule has 3 nitrogen and oxygen atoms in total. The molecule has 112 valence electrons. The lowest BCUT2D eigenvalue weighted by Gasteiger charge is -2.07. The highest BCUT2D eigenvalue weighted by Crippen LogP contribution is 2.27. The van der Waals surface area contributed by atoms with E-state index in [0.717, 1.165) is 12.3 Å². The highest BCUT2D eigenvalue weighted by molar-refractivity contribution is 7.83. The van der Waals surface area contributed by atoms with Crippen molar-refractivity contribution >= 4 is 22.6 Å². The van der Waals surface area contributed by atoms with Crippen LogP contribution in [-0.4, -0.2) is 9.19 Å². The van der Waals surface area contributed by atoms with Gasteiger partial charge >= 0.3 is 6.18 Å².